The van der Waals surface area contributed by atoms with Gasteiger partial charge in [-0.3, -0.25) is 10.6 Å². The van der Waals surface area contributed by atoms with Gasteiger partial charge < -0.3 is 0 Å². The Balaban J connectivity index is 1.94. The Hall–Kier alpha value is -2.72. The minimum Gasteiger partial charge on any atom is -0.269 e. The van der Waals surface area contributed by atoms with Gasteiger partial charge in [-0.15, -0.1) is 0 Å². The Kier molecular flexibility index (Phi) is 3.15. The van der Waals surface area contributed by atoms with Gasteiger partial charge in [-0.2, -0.15) is 9.15 Å². The van der Waals surface area contributed by atoms with E-state index in [0.717, 1.165) is 49.0 Å². The van der Waals surface area contributed by atoms with Crippen LogP contribution in [0.5, 0.6) is 0 Å². The zero-order valence-electron chi connectivity index (χ0n) is 11.2. The standard InChI is InChI=1S/C16H14N4/c1-3-19-11-9-17-15(19)13-5-7-14(8-6-13)16-18-10-12-20(16)4-2/h1-2,5-8H,9-12H2/p+2. The van der Waals surface area contributed by atoms with Gasteiger partial charge in [0.05, 0.1) is 11.1 Å². The van der Waals surface area contributed by atoms with E-state index in [-0.39, 0.29) is 0 Å². The second kappa shape index (κ2) is 5.11. The second-order valence-electron chi connectivity index (χ2n) is 4.69. The topological polar surface area (TPSA) is 30.1 Å². The lowest BCUT2D eigenvalue weighted by molar-refractivity contribution is -0.423. The number of nitrogens with one attached hydrogen (secondary N) is 2. The van der Waals surface area contributed by atoms with Crippen LogP contribution in [0.1, 0.15) is 11.1 Å². The molecule has 0 aromatic heterocycles. The van der Waals surface area contributed by atoms with Crippen molar-refractivity contribution in [3.8, 4) is 24.9 Å². The molecule has 20 heavy (non-hydrogen) atoms. The lowest BCUT2D eigenvalue weighted by Crippen LogP contribution is -2.24. The molecule has 2 heterocycles. The third-order valence-corrected chi connectivity index (χ3v) is 3.54. The number of amidine groups is 2. The maximum absolute atomic E-state index is 5.50. The maximum Gasteiger partial charge on any atom is 0.290 e. The van der Waals surface area contributed by atoms with Crippen LogP contribution in [-0.4, -0.2) is 47.0 Å². The van der Waals surface area contributed by atoms with E-state index in [0.29, 0.717) is 0 Å². The molecule has 2 aliphatic heterocycles. The molecule has 0 unspecified atom stereocenters. The molecule has 0 aliphatic carbocycles. The van der Waals surface area contributed by atoms with Crippen molar-refractivity contribution in [2.24, 2.45) is 0 Å². The first-order valence-corrected chi connectivity index (χ1v) is 6.63. The van der Waals surface area contributed by atoms with Crippen LogP contribution in [0, 0.1) is 24.9 Å². The van der Waals surface area contributed by atoms with E-state index in [4.69, 9.17) is 12.8 Å². The number of nitrogens with zero attached hydrogens (tertiary/aromatic N) is 2. The van der Waals surface area contributed by atoms with Gasteiger partial charge in [0.25, 0.3) is 11.7 Å². The summed E-state index contributed by atoms with van der Waals surface area (Å²) in [6, 6.07) is 13.6. The first-order chi connectivity index (χ1) is 9.83. The van der Waals surface area contributed by atoms with Crippen molar-refractivity contribution in [2.45, 2.75) is 0 Å². The van der Waals surface area contributed by atoms with Crippen molar-refractivity contribution < 1.29 is 9.15 Å². The highest BCUT2D eigenvalue weighted by Gasteiger charge is 2.24. The molecular weight excluding hydrogens is 248 g/mol. The minimum absolute atomic E-state index is 0.845. The SMILES string of the molecule is C#C[N+]1=C(c2ccc(C3=[N+](C#C)CCN3)cc2)NCC1. The summed E-state index contributed by atoms with van der Waals surface area (Å²) in [7, 11) is 0. The average Bonchev–Trinajstić information content (AvgIpc) is 3.15. The van der Waals surface area contributed by atoms with Crippen LogP contribution in [0.2, 0.25) is 0 Å². The first kappa shape index (κ1) is 12.3. The van der Waals surface area contributed by atoms with Crippen LogP contribution in [-0.2, 0) is 0 Å². The molecule has 3 rings (SSSR count). The highest BCUT2D eigenvalue weighted by Crippen LogP contribution is 2.08. The normalized spacial score (nSPS) is 17.5. The summed E-state index contributed by atoms with van der Waals surface area (Å²) in [5.41, 5.74) is 2.19. The summed E-state index contributed by atoms with van der Waals surface area (Å²) < 4.78 is 3.79. The zero-order valence-corrected chi connectivity index (χ0v) is 11.2. The third-order valence-electron chi connectivity index (χ3n) is 3.54. The van der Waals surface area contributed by atoms with Gasteiger partial charge in [-0.25, -0.2) is 0 Å². The van der Waals surface area contributed by atoms with Crippen LogP contribution in [0.4, 0.5) is 0 Å². The molecule has 98 valence electrons. The molecule has 0 saturated heterocycles. The molecular formula is C16H16N4+2. The van der Waals surface area contributed by atoms with E-state index in [9.17, 15) is 0 Å². The predicted octanol–water partition coefficient (Wildman–Crippen LogP) is -0.407. The smallest absolute Gasteiger partial charge is 0.269 e. The molecule has 2 N–H and O–H groups in total. The highest BCUT2D eigenvalue weighted by atomic mass is 15.2. The number of benzene rings is 1. The average molecular weight is 264 g/mol. The third kappa shape index (κ3) is 2.02. The summed E-state index contributed by atoms with van der Waals surface area (Å²) in [6.45, 7) is 3.45. The monoisotopic (exact) mass is 264 g/mol. The summed E-state index contributed by atoms with van der Waals surface area (Å²) in [5, 5.41) is 6.64. The molecule has 0 fully saturated rings. The van der Waals surface area contributed by atoms with Crippen molar-refractivity contribution in [3.05, 3.63) is 35.4 Å². The van der Waals surface area contributed by atoms with Crippen LogP contribution in [0.3, 0.4) is 0 Å². The van der Waals surface area contributed by atoms with Crippen LogP contribution in [0.15, 0.2) is 24.3 Å². The molecule has 0 spiro atoms. The quantitative estimate of drug-likeness (QED) is 0.562. The fourth-order valence-corrected chi connectivity index (χ4v) is 2.55. The van der Waals surface area contributed by atoms with Gasteiger partial charge in [0.2, 0.25) is 0 Å². The minimum atomic E-state index is 0.845. The van der Waals surface area contributed by atoms with E-state index in [1.807, 2.05) is 9.15 Å². The fourth-order valence-electron chi connectivity index (χ4n) is 2.55. The number of hydrogen-bond acceptors (Lipinski definition) is 2. The number of hydrogen-bond donors (Lipinski definition) is 2. The van der Waals surface area contributed by atoms with Crippen molar-refractivity contribution in [3.63, 3.8) is 0 Å². The first-order valence-electron chi connectivity index (χ1n) is 6.63. The van der Waals surface area contributed by atoms with E-state index < -0.39 is 0 Å². The van der Waals surface area contributed by atoms with E-state index in [2.05, 4.69) is 47.0 Å². The van der Waals surface area contributed by atoms with E-state index in [1.54, 1.807) is 0 Å². The predicted molar refractivity (Wildman–Crippen MR) is 78.6 cm³/mol. The Morgan fingerprint density at radius 1 is 0.800 bits per heavy atom. The Labute approximate surface area is 118 Å². The summed E-state index contributed by atoms with van der Waals surface area (Å²) in [6.07, 6.45) is 11.0. The molecule has 0 bridgehead atoms. The fraction of sp³-hybridized carbons (Fsp3) is 0.250. The van der Waals surface area contributed by atoms with E-state index >= 15 is 0 Å². The second-order valence-corrected chi connectivity index (χ2v) is 4.69. The highest BCUT2D eigenvalue weighted by molar-refractivity contribution is 5.99. The van der Waals surface area contributed by atoms with Crippen LogP contribution < -0.4 is 10.6 Å². The molecule has 1 aromatic rings. The Morgan fingerprint density at radius 2 is 1.20 bits per heavy atom. The largest absolute Gasteiger partial charge is 0.290 e. The maximum atomic E-state index is 5.50. The summed E-state index contributed by atoms with van der Waals surface area (Å²) in [4.78, 5) is 0. The van der Waals surface area contributed by atoms with Crippen molar-refractivity contribution in [2.75, 3.05) is 26.2 Å². The van der Waals surface area contributed by atoms with Gasteiger partial charge in [0.15, 0.2) is 0 Å². The molecule has 0 amide bonds. The van der Waals surface area contributed by atoms with Crippen molar-refractivity contribution in [1.29, 1.82) is 0 Å². The molecule has 2 aliphatic rings. The van der Waals surface area contributed by atoms with Gasteiger partial charge in [0, 0.05) is 0 Å². The molecule has 4 nitrogen and oxygen atoms in total. The lowest BCUT2D eigenvalue weighted by atomic mass is 10.1. The number of rotatable bonds is 2. The van der Waals surface area contributed by atoms with Gasteiger partial charge in [0.1, 0.15) is 38.3 Å². The lowest BCUT2D eigenvalue weighted by Gasteiger charge is -2.01. The molecule has 4 heteroatoms. The molecule has 1 aromatic carbocycles. The van der Waals surface area contributed by atoms with Gasteiger partial charge in [-0.05, 0) is 24.3 Å². The summed E-state index contributed by atoms with van der Waals surface area (Å²) in [5.74, 6) is 1.99. The summed E-state index contributed by atoms with van der Waals surface area (Å²) >= 11 is 0. The van der Waals surface area contributed by atoms with Crippen molar-refractivity contribution >= 4 is 11.7 Å². The van der Waals surface area contributed by atoms with Crippen LogP contribution >= 0.6 is 0 Å². The van der Waals surface area contributed by atoms with E-state index in [1.165, 1.54) is 0 Å². The zero-order chi connectivity index (χ0) is 13.9. The Bertz CT molecular complexity index is 620. The van der Waals surface area contributed by atoms with Crippen molar-refractivity contribution in [1.82, 2.24) is 10.6 Å². The van der Waals surface area contributed by atoms with Gasteiger partial charge in [-0.1, -0.05) is 12.8 Å². The van der Waals surface area contributed by atoms with Crippen LogP contribution in [0.25, 0.3) is 0 Å². The molecule has 0 radical (unpaired) electrons. The number of terminal acetylenes is 2. The van der Waals surface area contributed by atoms with Gasteiger partial charge >= 0.3 is 0 Å². The molecule has 0 atom stereocenters. The molecule has 0 saturated carbocycles. The Morgan fingerprint density at radius 3 is 1.55 bits per heavy atom.